The Morgan fingerprint density at radius 1 is 0.878 bits per heavy atom. The summed E-state index contributed by atoms with van der Waals surface area (Å²) in [5.74, 6) is 0.253. The van der Waals surface area contributed by atoms with Gasteiger partial charge in [-0.3, -0.25) is 4.68 Å². The molecule has 1 heterocycles. The molecule has 3 nitrogen and oxygen atoms in total. The molecule has 4 aromatic carbocycles. The molecule has 0 aliphatic heterocycles. The van der Waals surface area contributed by atoms with Crippen LogP contribution in [0.5, 0.6) is 5.75 Å². The SMILES string of the molecule is Cc1cccc(C(C)(C)C)c1OCc1cccc(-c2c3cccc(C(F)(F)F)c3nn2Cc2ccc(Cl)cc2F)c1. The second kappa shape index (κ2) is 10.9. The minimum Gasteiger partial charge on any atom is -0.488 e. The second-order valence-electron chi connectivity index (χ2n) is 11.1. The van der Waals surface area contributed by atoms with Gasteiger partial charge < -0.3 is 4.74 Å². The summed E-state index contributed by atoms with van der Waals surface area (Å²) in [6.45, 7) is 8.55. The van der Waals surface area contributed by atoms with Crippen LogP contribution >= 0.6 is 11.6 Å². The van der Waals surface area contributed by atoms with Crippen molar-refractivity contribution in [2.24, 2.45) is 0 Å². The fourth-order valence-corrected chi connectivity index (χ4v) is 5.17. The van der Waals surface area contributed by atoms with Crippen LogP contribution in [0, 0.1) is 12.7 Å². The predicted molar refractivity (Wildman–Crippen MR) is 155 cm³/mol. The Bertz CT molecular complexity index is 1730. The van der Waals surface area contributed by atoms with Crippen LogP contribution in [0.2, 0.25) is 5.02 Å². The first-order valence-corrected chi connectivity index (χ1v) is 13.5. The molecule has 41 heavy (non-hydrogen) atoms. The Balaban J connectivity index is 1.59. The van der Waals surface area contributed by atoms with Crippen molar-refractivity contribution in [3.63, 3.8) is 0 Å². The van der Waals surface area contributed by atoms with Crippen molar-refractivity contribution in [3.05, 3.63) is 118 Å². The molecule has 0 amide bonds. The van der Waals surface area contributed by atoms with E-state index in [0.29, 0.717) is 16.6 Å². The molecule has 8 heteroatoms. The lowest BCUT2D eigenvalue weighted by Crippen LogP contribution is -2.14. The normalized spacial score (nSPS) is 12.2. The second-order valence-corrected chi connectivity index (χ2v) is 11.6. The van der Waals surface area contributed by atoms with Crippen LogP contribution in [-0.2, 0) is 24.7 Å². The van der Waals surface area contributed by atoms with Gasteiger partial charge in [-0.1, -0.05) is 87.0 Å². The van der Waals surface area contributed by atoms with Gasteiger partial charge in [-0.25, -0.2) is 4.39 Å². The number of benzene rings is 4. The zero-order chi connectivity index (χ0) is 29.5. The van der Waals surface area contributed by atoms with E-state index >= 15 is 0 Å². The van der Waals surface area contributed by atoms with E-state index in [0.717, 1.165) is 28.5 Å². The Morgan fingerprint density at radius 3 is 2.29 bits per heavy atom. The topological polar surface area (TPSA) is 27.1 Å². The summed E-state index contributed by atoms with van der Waals surface area (Å²) in [4.78, 5) is 0. The number of ether oxygens (including phenoxy) is 1. The van der Waals surface area contributed by atoms with Gasteiger partial charge in [0.25, 0.3) is 0 Å². The highest BCUT2D eigenvalue weighted by atomic mass is 35.5. The zero-order valence-electron chi connectivity index (χ0n) is 23.1. The number of hydrogen-bond donors (Lipinski definition) is 0. The standard InChI is InChI=1S/C33H29ClF4N2O/c1-20-8-5-13-27(32(2,3)4)31(20)41-19-21-9-6-10-22(16-21)30-25-11-7-12-26(33(36,37)38)29(25)39-40(30)18-23-14-15-24(34)17-28(23)35/h5-17H,18-19H2,1-4H3. The highest BCUT2D eigenvalue weighted by Gasteiger charge is 2.34. The molecule has 5 aromatic rings. The van der Waals surface area contributed by atoms with E-state index in [1.54, 1.807) is 12.1 Å². The lowest BCUT2D eigenvalue weighted by molar-refractivity contribution is -0.136. The van der Waals surface area contributed by atoms with Crippen LogP contribution in [0.25, 0.3) is 22.2 Å². The van der Waals surface area contributed by atoms with Crippen LogP contribution < -0.4 is 4.74 Å². The fraction of sp³-hybridized carbons (Fsp3) is 0.242. The quantitative estimate of drug-likeness (QED) is 0.187. The molecule has 0 atom stereocenters. The minimum absolute atomic E-state index is 0.0802. The van der Waals surface area contributed by atoms with Gasteiger partial charge in [0.05, 0.1) is 17.8 Å². The maximum absolute atomic E-state index is 14.7. The van der Waals surface area contributed by atoms with E-state index in [9.17, 15) is 17.6 Å². The van der Waals surface area contributed by atoms with E-state index in [4.69, 9.17) is 16.3 Å². The molecule has 0 bridgehead atoms. The van der Waals surface area contributed by atoms with Crippen molar-refractivity contribution in [2.75, 3.05) is 0 Å². The molecule has 0 saturated carbocycles. The molecule has 0 fully saturated rings. The van der Waals surface area contributed by atoms with Gasteiger partial charge in [-0.15, -0.1) is 0 Å². The van der Waals surface area contributed by atoms with Crippen molar-refractivity contribution in [3.8, 4) is 17.0 Å². The molecule has 1 aromatic heterocycles. The van der Waals surface area contributed by atoms with E-state index in [-0.39, 0.29) is 34.7 Å². The first-order valence-electron chi connectivity index (χ1n) is 13.2. The van der Waals surface area contributed by atoms with Gasteiger partial charge in [0.2, 0.25) is 0 Å². The van der Waals surface area contributed by atoms with Gasteiger partial charge in [0, 0.05) is 21.5 Å². The Labute approximate surface area is 241 Å². The largest absolute Gasteiger partial charge is 0.488 e. The van der Waals surface area contributed by atoms with Gasteiger partial charge in [-0.2, -0.15) is 18.3 Å². The molecule has 0 N–H and O–H groups in total. The first kappa shape index (κ1) is 28.7. The summed E-state index contributed by atoms with van der Waals surface area (Å²) >= 11 is 5.92. The molecule has 0 aliphatic rings. The maximum atomic E-state index is 14.7. The maximum Gasteiger partial charge on any atom is 0.418 e. The third-order valence-corrected chi connectivity index (χ3v) is 7.25. The highest BCUT2D eigenvalue weighted by molar-refractivity contribution is 6.30. The molecule has 0 aliphatic carbocycles. The number of aromatic nitrogens is 2. The Morgan fingerprint density at radius 2 is 1.59 bits per heavy atom. The predicted octanol–water partition coefficient (Wildman–Crippen LogP) is 9.75. The number of hydrogen-bond acceptors (Lipinski definition) is 2. The van der Waals surface area contributed by atoms with E-state index in [2.05, 4.69) is 31.9 Å². The number of halogens is 5. The molecule has 0 unspecified atom stereocenters. The number of nitrogens with zero attached hydrogens (tertiary/aromatic N) is 2. The van der Waals surface area contributed by atoms with Gasteiger partial charge in [0.15, 0.2) is 0 Å². The van der Waals surface area contributed by atoms with Crippen LogP contribution in [-0.4, -0.2) is 9.78 Å². The zero-order valence-corrected chi connectivity index (χ0v) is 23.9. The average Bonchev–Trinajstić information content (AvgIpc) is 3.26. The smallest absolute Gasteiger partial charge is 0.418 e. The molecule has 0 spiro atoms. The van der Waals surface area contributed by atoms with Crippen LogP contribution in [0.4, 0.5) is 17.6 Å². The summed E-state index contributed by atoms with van der Waals surface area (Å²) in [6.07, 6.45) is -4.60. The summed E-state index contributed by atoms with van der Waals surface area (Å²) in [5, 5.41) is 4.90. The van der Waals surface area contributed by atoms with Crippen LogP contribution in [0.15, 0.2) is 78.9 Å². The molecule has 5 rings (SSSR count). The minimum atomic E-state index is -4.60. The van der Waals surface area contributed by atoms with Crippen LogP contribution in [0.3, 0.4) is 0 Å². The number of para-hydroxylation sites is 1. The Kier molecular flexibility index (Phi) is 7.60. The summed E-state index contributed by atoms with van der Waals surface area (Å²) in [7, 11) is 0. The summed E-state index contributed by atoms with van der Waals surface area (Å²) in [6, 6.07) is 21.7. The summed E-state index contributed by atoms with van der Waals surface area (Å²) < 4.78 is 64.3. The molecule has 212 valence electrons. The van der Waals surface area contributed by atoms with Crippen molar-refractivity contribution in [1.29, 1.82) is 0 Å². The number of alkyl halides is 3. The third-order valence-electron chi connectivity index (χ3n) is 7.01. The number of fused-ring (bicyclic) bond motifs is 1. The molecular weight excluding hydrogens is 552 g/mol. The number of rotatable bonds is 6. The number of aryl methyl sites for hydroxylation is 1. The van der Waals surface area contributed by atoms with Crippen molar-refractivity contribution in [2.45, 2.75) is 52.4 Å². The van der Waals surface area contributed by atoms with Crippen LogP contribution in [0.1, 0.15) is 48.6 Å². The molecule has 0 saturated heterocycles. The Hall–Kier alpha value is -3.84. The van der Waals surface area contributed by atoms with E-state index < -0.39 is 17.6 Å². The lowest BCUT2D eigenvalue weighted by atomic mass is 9.85. The van der Waals surface area contributed by atoms with Crippen molar-refractivity contribution >= 4 is 22.5 Å². The van der Waals surface area contributed by atoms with Crippen molar-refractivity contribution in [1.82, 2.24) is 9.78 Å². The lowest BCUT2D eigenvalue weighted by Gasteiger charge is -2.24. The third kappa shape index (κ3) is 5.96. The fourth-order valence-electron chi connectivity index (χ4n) is 5.01. The summed E-state index contributed by atoms with van der Waals surface area (Å²) in [5.41, 5.74) is 3.12. The molecule has 0 radical (unpaired) electrons. The van der Waals surface area contributed by atoms with Gasteiger partial charge >= 0.3 is 6.18 Å². The van der Waals surface area contributed by atoms with E-state index in [1.807, 2.05) is 43.3 Å². The van der Waals surface area contributed by atoms with Gasteiger partial charge in [0.1, 0.15) is 23.7 Å². The van der Waals surface area contributed by atoms with Crippen molar-refractivity contribution < 1.29 is 22.3 Å². The monoisotopic (exact) mass is 580 g/mol. The average molecular weight is 581 g/mol. The highest BCUT2D eigenvalue weighted by Crippen LogP contribution is 2.39. The molecular formula is C33H29ClF4N2O. The van der Waals surface area contributed by atoms with Gasteiger partial charge in [-0.05, 0) is 53.3 Å². The first-order chi connectivity index (χ1) is 19.3. The van der Waals surface area contributed by atoms with E-state index in [1.165, 1.54) is 22.9 Å².